The molecule has 1 aromatic carbocycles. The number of sulfonamides is 1. The van der Waals surface area contributed by atoms with Crippen LogP contribution in [0.4, 0.5) is 4.39 Å². The highest BCUT2D eigenvalue weighted by Gasteiger charge is 2.33. The molecule has 106 valence electrons. The number of carboxylic acid groups (broad SMARTS) is 1. The van der Waals surface area contributed by atoms with Crippen LogP contribution in [0, 0.1) is 5.82 Å². The second kappa shape index (κ2) is 5.98. The lowest BCUT2D eigenvalue weighted by Crippen LogP contribution is -2.42. The molecule has 0 amide bonds. The van der Waals surface area contributed by atoms with Gasteiger partial charge in [0.05, 0.1) is 0 Å². The summed E-state index contributed by atoms with van der Waals surface area (Å²) in [7, 11) is -3.06. The van der Waals surface area contributed by atoms with E-state index in [0.717, 1.165) is 19.2 Å². The maximum absolute atomic E-state index is 13.7. The zero-order chi connectivity index (χ0) is 14.8. The predicted octanol–water partition coefficient (Wildman–Crippen LogP) is 2.07. The molecule has 0 spiro atoms. The van der Waals surface area contributed by atoms with Crippen LogP contribution >= 0.6 is 15.9 Å². The van der Waals surface area contributed by atoms with Crippen molar-refractivity contribution in [3.8, 4) is 0 Å². The minimum Gasteiger partial charge on any atom is -0.480 e. The fraction of sp³-hybridized carbons (Fsp3) is 0.364. The number of carbonyl (C=O) groups is 1. The smallest absolute Gasteiger partial charge is 0.321 e. The molecule has 0 aliphatic rings. The third-order valence-corrected chi connectivity index (χ3v) is 5.05. The number of hydrogen-bond acceptors (Lipinski definition) is 3. The van der Waals surface area contributed by atoms with E-state index in [1.165, 1.54) is 6.07 Å². The van der Waals surface area contributed by atoms with E-state index < -0.39 is 32.7 Å². The number of benzene rings is 1. The molecule has 0 aliphatic carbocycles. The van der Waals surface area contributed by atoms with Crippen molar-refractivity contribution >= 4 is 31.9 Å². The highest BCUT2D eigenvalue weighted by Crippen LogP contribution is 2.23. The molecular formula is C11H13BrFNO4S. The van der Waals surface area contributed by atoms with E-state index in [9.17, 15) is 17.6 Å². The number of rotatable bonds is 5. The van der Waals surface area contributed by atoms with Gasteiger partial charge in [0.15, 0.2) is 0 Å². The molecule has 0 bridgehead atoms. The summed E-state index contributed by atoms with van der Waals surface area (Å²) in [4.78, 5) is 10.4. The molecule has 0 fully saturated rings. The summed E-state index contributed by atoms with van der Waals surface area (Å²) in [6.45, 7) is 1.54. The zero-order valence-electron chi connectivity index (χ0n) is 10.3. The maximum Gasteiger partial charge on any atom is 0.321 e. The van der Waals surface area contributed by atoms with E-state index in [4.69, 9.17) is 5.11 Å². The summed E-state index contributed by atoms with van der Waals surface area (Å²) < 4.78 is 39.1. The first kappa shape index (κ1) is 16.1. The van der Waals surface area contributed by atoms with Gasteiger partial charge in [0.1, 0.15) is 16.8 Å². The minimum absolute atomic E-state index is 0.0865. The summed E-state index contributed by atoms with van der Waals surface area (Å²) in [6, 6.07) is 2.27. The first-order valence-electron chi connectivity index (χ1n) is 5.37. The van der Waals surface area contributed by atoms with Crippen LogP contribution in [0.25, 0.3) is 0 Å². The van der Waals surface area contributed by atoms with Gasteiger partial charge in [-0.15, -0.1) is 0 Å². The van der Waals surface area contributed by atoms with Crippen molar-refractivity contribution < 1.29 is 22.7 Å². The first-order chi connectivity index (χ1) is 8.71. The molecule has 1 atom stereocenters. The lowest BCUT2D eigenvalue weighted by molar-refractivity contribution is -0.141. The van der Waals surface area contributed by atoms with Crippen LogP contribution in [0.15, 0.2) is 27.6 Å². The van der Waals surface area contributed by atoms with Gasteiger partial charge in [-0.1, -0.05) is 22.9 Å². The van der Waals surface area contributed by atoms with Gasteiger partial charge in [0.2, 0.25) is 10.0 Å². The van der Waals surface area contributed by atoms with Crippen molar-refractivity contribution in [1.82, 2.24) is 4.31 Å². The maximum atomic E-state index is 13.7. The Morgan fingerprint density at radius 2 is 2.11 bits per heavy atom. The Labute approximate surface area is 119 Å². The van der Waals surface area contributed by atoms with Gasteiger partial charge in [-0.2, -0.15) is 4.31 Å². The van der Waals surface area contributed by atoms with E-state index in [2.05, 4.69) is 15.9 Å². The lowest BCUT2D eigenvalue weighted by atomic mass is 10.2. The Kier molecular flexibility index (Phi) is 5.05. The van der Waals surface area contributed by atoms with Crippen LogP contribution in [0.2, 0.25) is 0 Å². The van der Waals surface area contributed by atoms with Crippen LogP contribution in [0.1, 0.15) is 13.3 Å². The molecule has 0 saturated carbocycles. The Morgan fingerprint density at radius 3 is 2.53 bits per heavy atom. The summed E-state index contributed by atoms with van der Waals surface area (Å²) in [5.41, 5.74) is 0. The number of aliphatic carboxylic acids is 1. The molecule has 0 heterocycles. The molecule has 5 nitrogen and oxygen atoms in total. The van der Waals surface area contributed by atoms with Gasteiger partial charge in [0.25, 0.3) is 0 Å². The number of nitrogens with zero attached hydrogens (tertiary/aromatic N) is 1. The van der Waals surface area contributed by atoms with Crippen molar-refractivity contribution in [3.05, 3.63) is 28.5 Å². The average molecular weight is 354 g/mol. The van der Waals surface area contributed by atoms with Gasteiger partial charge >= 0.3 is 5.97 Å². The molecule has 19 heavy (non-hydrogen) atoms. The van der Waals surface area contributed by atoms with E-state index in [0.29, 0.717) is 8.78 Å². The fourth-order valence-electron chi connectivity index (χ4n) is 1.59. The summed E-state index contributed by atoms with van der Waals surface area (Å²) in [6.07, 6.45) is 0.0865. The van der Waals surface area contributed by atoms with Gasteiger partial charge in [-0.05, 0) is 24.6 Å². The van der Waals surface area contributed by atoms with E-state index >= 15 is 0 Å². The minimum atomic E-state index is -4.19. The van der Waals surface area contributed by atoms with Gasteiger partial charge in [-0.25, -0.2) is 12.8 Å². The molecule has 1 aromatic rings. The average Bonchev–Trinajstić information content (AvgIpc) is 2.28. The Hall–Kier alpha value is -0.990. The molecule has 1 rings (SSSR count). The van der Waals surface area contributed by atoms with Crippen LogP contribution in [-0.2, 0) is 14.8 Å². The number of likely N-dealkylation sites (N-methyl/N-ethyl adjacent to an activating group) is 1. The van der Waals surface area contributed by atoms with Crippen LogP contribution in [0.3, 0.4) is 0 Å². The zero-order valence-corrected chi connectivity index (χ0v) is 12.7. The Balaban J connectivity index is 3.27. The second-order valence-electron chi connectivity index (χ2n) is 3.86. The molecule has 1 N–H and O–H groups in total. The van der Waals surface area contributed by atoms with E-state index in [1.54, 1.807) is 6.92 Å². The lowest BCUT2D eigenvalue weighted by Gasteiger charge is -2.23. The second-order valence-corrected chi connectivity index (χ2v) is 6.74. The monoisotopic (exact) mass is 353 g/mol. The van der Waals surface area contributed by atoms with Crippen molar-refractivity contribution in [1.29, 1.82) is 0 Å². The molecule has 0 aromatic heterocycles. The van der Waals surface area contributed by atoms with Crippen LogP contribution < -0.4 is 0 Å². The van der Waals surface area contributed by atoms with Gasteiger partial charge in [-0.3, -0.25) is 4.79 Å². The summed E-state index contributed by atoms with van der Waals surface area (Å²) in [5, 5.41) is 8.96. The Morgan fingerprint density at radius 1 is 1.53 bits per heavy atom. The third-order valence-electron chi connectivity index (χ3n) is 2.66. The molecule has 0 radical (unpaired) electrons. The van der Waals surface area contributed by atoms with E-state index in [-0.39, 0.29) is 6.42 Å². The van der Waals surface area contributed by atoms with Crippen molar-refractivity contribution in [2.24, 2.45) is 0 Å². The van der Waals surface area contributed by atoms with Crippen molar-refractivity contribution in [3.63, 3.8) is 0 Å². The SMILES string of the molecule is CCC(C(=O)O)N(C)S(=O)(=O)c1ccc(Br)cc1F. The number of hydrogen-bond donors (Lipinski definition) is 1. The topological polar surface area (TPSA) is 74.7 Å². The molecular weight excluding hydrogens is 341 g/mol. The molecule has 0 aliphatic heterocycles. The quantitative estimate of drug-likeness (QED) is 0.879. The summed E-state index contributed by atoms with van der Waals surface area (Å²) >= 11 is 3.02. The highest BCUT2D eigenvalue weighted by molar-refractivity contribution is 9.10. The Bertz CT molecular complexity index is 590. The number of halogens is 2. The first-order valence-corrected chi connectivity index (χ1v) is 7.61. The molecule has 8 heteroatoms. The standard InChI is InChI=1S/C11H13BrFNO4S/c1-3-9(11(15)16)14(2)19(17,18)10-5-4-7(12)6-8(10)13/h4-6,9H,3H2,1-2H3,(H,15,16). The highest BCUT2D eigenvalue weighted by atomic mass is 79.9. The fourth-order valence-corrected chi connectivity index (χ4v) is 3.36. The molecule has 0 saturated heterocycles. The van der Waals surface area contributed by atoms with Gasteiger partial charge < -0.3 is 5.11 Å². The molecule has 1 unspecified atom stereocenters. The van der Waals surface area contributed by atoms with Gasteiger partial charge in [0, 0.05) is 11.5 Å². The summed E-state index contributed by atoms with van der Waals surface area (Å²) in [5.74, 6) is -2.20. The van der Waals surface area contributed by atoms with E-state index in [1.807, 2.05) is 0 Å². The van der Waals surface area contributed by atoms with Crippen molar-refractivity contribution in [2.45, 2.75) is 24.3 Å². The van der Waals surface area contributed by atoms with Crippen LogP contribution in [-0.4, -0.2) is 36.9 Å². The number of carboxylic acids is 1. The largest absolute Gasteiger partial charge is 0.480 e. The predicted molar refractivity (Wildman–Crippen MR) is 70.8 cm³/mol. The van der Waals surface area contributed by atoms with Crippen LogP contribution in [0.5, 0.6) is 0 Å². The normalized spacial score (nSPS) is 13.5. The third kappa shape index (κ3) is 3.31. The van der Waals surface area contributed by atoms with Crippen molar-refractivity contribution in [2.75, 3.05) is 7.05 Å².